The molecule has 0 bridgehead atoms. The molecular formula is C14H16N4. The summed E-state index contributed by atoms with van der Waals surface area (Å²) < 4.78 is 2.11. The molecule has 1 aromatic heterocycles. The van der Waals surface area contributed by atoms with Gasteiger partial charge in [-0.3, -0.25) is 0 Å². The Labute approximate surface area is 107 Å². The van der Waals surface area contributed by atoms with Gasteiger partial charge in [0.25, 0.3) is 0 Å². The summed E-state index contributed by atoms with van der Waals surface area (Å²) >= 11 is 0. The average molecular weight is 240 g/mol. The predicted molar refractivity (Wildman–Crippen MR) is 69.8 cm³/mol. The highest BCUT2D eigenvalue weighted by molar-refractivity contribution is 5.32. The molecule has 4 nitrogen and oxygen atoms in total. The molecule has 4 heteroatoms. The third-order valence-corrected chi connectivity index (χ3v) is 2.84. The molecule has 0 aliphatic heterocycles. The summed E-state index contributed by atoms with van der Waals surface area (Å²) in [5.74, 6) is 1.03. The number of nitrogens with one attached hydrogen (secondary N) is 1. The average Bonchev–Trinajstić information content (AvgIpc) is 2.81. The zero-order chi connectivity index (χ0) is 12.8. The van der Waals surface area contributed by atoms with Gasteiger partial charge in [0.1, 0.15) is 5.82 Å². The van der Waals surface area contributed by atoms with Crippen molar-refractivity contribution in [2.75, 3.05) is 6.54 Å². The van der Waals surface area contributed by atoms with Gasteiger partial charge in [0.05, 0.1) is 11.6 Å². The summed E-state index contributed by atoms with van der Waals surface area (Å²) in [4.78, 5) is 4.18. The molecule has 0 unspecified atom stereocenters. The van der Waals surface area contributed by atoms with Gasteiger partial charge in [0, 0.05) is 32.0 Å². The van der Waals surface area contributed by atoms with Gasteiger partial charge in [-0.15, -0.1) is 0 Å². The van der Waals surface area contributed by atoms with Crippen LogP contribution in [0.1, 0.15) is 17.0 Å². The van der Waals surface area contributed by atoms with Gasteiger partial charge in [-0.2, -0.15) is 5.26 Å². The fraction of sp³-hybridized carbons (Fsp3) is 0.286. The van der Waals surface area contributed by atoms with E-state index in [-0.39, 0.29) is 0 Å². The van der Waals surface area contributed by atoms with Crippen LogP contribution in [0.2, 0.25) is 0 Å². The molecule has 0 spiro atoms. The van der Waals surface area contributed by atoms with Crippen molar-refractivity contribution < 1.29 is 0 Å². The molecule has 1 aromatic carbocycles. The second-order valence-electron chi connectivity index (χ2n) is 4.16. The number of nitrogens with zero attached hydrogens (tertiary/aromatic N) is 3. The van der Waals surface area contributed by atoms with Crippen molar-refractivity contribution in [3.8, 4) is 6.07 Å². The lowest BCUT2D eigenvalue weighted by atomic mass is 10.1. The van der Waals surface area contributed by atoms with E-state index >= 15 is 0 Å². The van der Waals surface area contributed by atoms with E-state index in [1.807, 2.05) is 43.6 Å². The van der Waals surface area contributed by atoms with Crippen LogP contribution >= 0.6 is 0 Å². The number of nitriles is 1. The van der Waals surface area contributed by atoms with Crippen LogP contribution in [0, 0.1) is 18.3 Å². The minimum absolute atomic E-state index is 0.708. The highest BCUT2D eigenvalue weighted by Gasteiger charge is 1.97. The molecule has 2 aromatic rings. The number of rotatable bonds is 5. The van der Waals surface area contributed by atoms with Gasteiger partial charge >= 0.3 is 0 Å². The first-order chi connectivity index (χ1) is 8.79. The predicted octanol–water partition coefficient (Wildman–Crippen LogP) is 1.85. The van der Waals surface area contributed by atoms with Crippen molar-refractivity contribution in [1.82, 2.24) is 14.9 Å². The molecule has 0 saturated carbocycles. The molecule has 0 aliphatic rings. The van der Waals surface area contributed by atoms with Crippen molar-refractivity contribution in [3.63, 3.8) is 0 Å². The maximum absolute atomic E-state index is 8.81. The van der Waals surface area contributed by atoms with E-state index in [1.54, 1.807) is 0 Å². The Morgan fingerprint density at radius 2 is 2.33 bits per heavy atom. The van der Waals surface area contributed by atoms with E-state index < -0.39 is 0 Å². The van der Waals surface area contributed by atoms with Crippen LogP contribution in [0.4, 0.5) is 0 Å². The molecule has 92 valence electrons. The summed E-state index contributed by atoms with van der Waals surface area (Å²) in [7, 11) is 0. The zero-order valence-electron chi connectivity index (χ0n) is 10.4. The minimum atomic E-state index is 0.708. The standard InChI is InChI=1S/C14H16N4/c1-12-17-6-8-18(12)7-5-16-11-14-4-2-3-13(9-14)10-15/h2-4,6,8-9,16H,5,7,11H2,1H3. The molecule has 0 radical (unpaired) electrons. The first-order valence-corrected chi connectivity index (χ1v) is 5.97. The van der Waals surface area contributed by atoms with E-state index in [9.17, 15) is 0 Å². The Hall–Kier alpha value is -2.12. The lowest BCUT2D eigenvalue weighted by Crippen LogP contribution is -2.19. The van der Waals surface area contributed by atoms with Crippen LogP contribution in [-0.4, -0.2) is 16.1 Å². The third-order valence-electron chi connectivity index (χ3n) is 2.84. The van der Waals surface area contributed by atoms with Gasteiger partial charge in [0.2, 0.25) is 0 Å². The number of aromatic nitrogens is 2. The van der Waals surface area contributed by atoms with Crippen LogP contribution < -0.4 is 5.32 Å². The first-order valence-electron chi connectivity index (χ1n) is 5.97. The SMILES string of the molecule is Cc1nccn1CCNCc1cccc(C#N)c1. The Bertz CT molecular complexity index is 551. The van der Waals surface area contributed by atoms with Crippen LogP contribution in [0.3, 0.4) is 0 Å². The van der Waals surface area contributed by atoms with Crippen LogP contribution in [0.25, 0.3) is 0 Å². The van der Waals surface area contributed by atoms with E-state index in [0.717, 1.165) is 31.0 Å². The maximum atomic E-state index is 8.81. The Morgan fingerprint density at radius 3 is 3.06 bits per heavy atom. The molecule has 0 atom stereocenters. The first kappa shape index (κ1) is 12.3. The van der Waals surface area contributed by atoms with E-state index in [0.29, 0.717) is 5.56 Å². The normalized spacial score (nSPS) is 10.2. The highest BCUT2D eigenvalue weighted by Crippen LogP contribution is 2.03. The topological polar surface area (TPSA) is 53.6 Å². The summed E-state index contributed by atoms with van der Waals surface area (Å²) in [5.41, 5.74) is 1.84. The second kappa shape index (κ2) is 5.99. The van der Waals surface area contributed by atoms with Crippen molar-refractivity contribution in [1.29, 1.82) is 5.26 Å². The van der Waals surface area contributed by atoms with Gasteiger partial charge in [-0.1, -0.05) is 12.1 Å². The van der Waals surface area contributed by atoms with Gasteiger partial charge in [-0.05, 0) is 24.6 Å². The molecule has 0 fully saturated rings. The second-order valence-corrected chi connectivity index (χ2v) is 4.16. The summed E-state index contributed by atoms with van der Waals surface area (Å²) in [6, 6.07) is 9.81. The number of imidazole rings is 1. The Morgan fingerprint density at radius 1 is 1.44 bits per heavy atom. The quantitative estimate of drug-likeness (QED) is 0.811. The number of benzene rings is 1. The Balaban J connectivity index is 1.79. The monoisotopic (exact) mass is 240 g/mol. The third kappa shape index (κ3) is 3.19. The summed E-state index contributed by atoms with van der Waals surface area (Å²) in [6.07, 6.45) is 3.79. The van der Waals surface area contributed by atoms with Crippen molar-refractivity contribution in [2.45, 2.75) is 20.0 Å². The smallest absolute Gasteiger partial charge is 0.105 e. The Kier molecular flexibility index (Phi) is 4.11. The van der Waals surface area contributed by atoms with E-state index in [2.05, 4.69) is 20.9 Å². The zero-order valence-corrected chi connectivity index (χ0v) is 10.4. The lowest BCUT2D eigenvalue weighted by molar-refractivity contribution is 0.587. The van der Waals surface area contributed by atoms with Gasteiger partial charge in [0.15, 0.2) is 0 Å². The van der Waals surface area contributed by atoms with E-state index in [1.165, 1.54) is 0 Å². The summed E-state index contributed by atoms with van der Waals surface area (Å²) in [6.45, 7) is 4.57. The van der Waals surface area contributed by atoms with E-state index in [4.69, 9.17) is 5.26 Å². The van der Waals surface area contributed by atoms with Crippen molar-refractivity contribution in [3.05, 3.63) is 53.6 Å². The number of hydrogen-bond donors (Lipinski definition) is 1. The molecule has 0 aliphatic carbocycles. The molecule has 1 N–H and O–H groups in total. The van der Waals surface area contributed by atoms with Crippen LogP contribution in [0.15, 0.2) is 36.7 Å². The summed E-state index contributed by atoms with van der Waals surface area (Å²) in [5, 5.41) is 12.2. The van der Waals surface area contributed by atoms with Gasteiger partial charge in [-0.25, -0.2) is 4.98 Å². The van der Waals surface area contributed by atoms with Crippen molar-refractivity contribution >= 4 is 0 Å². The fourth-order valence-corrected chi connectivity index (χ4v) is 1.82. The van der Waals surface area contributed by atoms with Crippen LogP contribution in [0.5, 0.6) is 0 Å². The molecular weight excluding hydrogens is 224 g/mol. The maximum Gasteiger partial charge on any atom is 0.105 e. The fourth-order valence-electron chi connectivity index (χ4n) is 1.82. The number of aryl methyl sites for hydroxylation is 1. The lowest BCUT2D eigenvalue weighted by Gasteiger charge is -2.07. The molecule has 0 amide bonds. The molecule has 1 heterocycles. The molecule has 2 rings (SSSR count). The van der Waals surface area contributed by atoms with Crippen LogP contribution in [-0.2, 0) is 13.1 Å². The van der Waals surface area contributed by atoms with Gasteiger partial charge < -0.3 is 9.88 Å². The molecule has 18 heavy (non-hydrogen) atoms. The minimum Gasteiger partial charge on any atom is -0.334 e. The van der Waals surface area contributed by atoms with Crippen molar-refractivity contribution in [2.24, 2.45) is 0 Å². The highest BCUT2D eigenvalue weighted by atomic mass is 15.1. The largest absolute Gasteiger partial charge is 0.334 e. The number of hydrogen-bond acceptors (Lipinski definition) is 3. The molecule has 0 saturated heterocycles.